The van der Waals surface area contributed by atoms with Crippen LogP contribution < -0.4 is 0 Å². The first-order valence-electron chi connectivity index (χ1n) is 7.07. The number of ether oxygens (including phenoxy) is 1. The molecule has 1 spiro atoms. The molecular formula is C15H22O4. The third kappa shape index (κ3) is 1.34. The summed E-state index contributed by atoms with van der Waals surface area (Å²) in [6.45, 7) is 7.81. The zero-order chi connectivity index (χ0) is 14.0. The Hall–Kier alpha value is -0.870. The summed E-state index contributed by atoms with van der Waals surface area (Å²) in [4.78, 5) is 12.4. The highest BCUT2D eigenvalue weighted by Gasteiger charge is 2.72. The van der Waals surface area contributed by atoms with E-state index in [4.69, 9.17) is 4.74 Å². The van der Waals surface area contributed by atoms with Crippen molar-refractivity contribution in [2.75, 3.05) is 0 Å². The first-order chi connectivity index (χ1) is 8.84. The van der Waals surface area contributed by atoms with E-state index >= 15 is 0 Å². The summed E-state index contributed by atoms with van der Waals surface area (Å²) in [5.41, 5.74) is -0.559. The highest BCUT2D eigenvalue weighted by atomic mass is 16.6. The molecule has 0 aromatic rings. The first kappa shape index (κ1) is 13.1. The van der Waals surface area contributed by atoms with Crippen molar-refractivity contribution < 1.29 is 19.7 Å². The fraction of sp³-hybridized carbons (Fsp3) is 0.800. The molecule has 2 bridgehead atoms. The van der Waals surface area contributed by atoms with Crippen molar-refractivity contribution in [2.45, 2.75) is 57.8 Å². The quantitative estimate of drug-likeness (QED) is 0.556. The predicted octanol–water partition coefficient (Wildman–Crippen LogP) is 1.41. The Labute approximate surface area is 113 Å². The van der Waals surface area contributed by atoms with Gasteiger partial charge in [0.1, 0.15) is 17.6 Å². The second kappa shape index (κ2) is 3.83. The predicted molar refractivity (Wildman–Crippen MR) is 69.2 cm³/mol. The minimum absolute atomic E-state index is 0.00653. The Kier molecular flexibility index (Phi) is 2.64. The van der Waals surface area contributed by atoms with Gasteiger partial charge in [0.2, 0.25) is 0 Å². The molecule has 3 fully saturated rings. The molecule has 1 saturated heterocycles. The van der Waals surface area contributed by atoms with Gasteiger partial charge >= 0.3 is 5.97 Å². The Bertz CT molecular complexity index is 445. The second-order valence-corrected chi connectivity index (χ2v) is 6.75. The van der Waals surface area contributed by atoms with Crippen molar-refractivity contribution in [1.29, 1.82) is 0 Å². The molecule has 4 nitrogen and oxygen atoms in total. The normalized spacial score (nSPS) is 52.5. The van der Waals surface area contributed by atoms with Crippen molar-refractivity contribution >= 4 is 5.97 Å². The number of aliphatic hydroxyl groups excluding tert-OH is 2. The van der Waals surface area contributed by atoms with E-state index in [1.54, 1.807) is 0 Å². The van der Waals surface area contributed by atoms with Gasteiger partial charge in [-0.2, -0.15) is 0 Å². The molecule has 2 aliphatic carbocycles. The van der Waals surface area contributed by atoms with Crippen molar-refractivity contribution in [1.82, 2.24) is 0 Å². The highest BCUT2D eigenvalue weighted by molar-refractivity contribution is 5.82. The zero-order valence-corrected chi connectivity index (χ0v) is 11.6. The van der Waals surface area contributed by atoms with Gasteiger partial charge in [0.25, 0.3) is 0 Å². The number of hydrogen-bond acceptors (Lipinski definition) is 4. The second-order valence-electron chi connectivity index (χ2n) is 6.75. The van der Waals surface area contributed by atoms with Crippen LogP contribution in [0.1, 0.15) is 39.5 Å². The summed E-state index contributed by atoms with van der Waals surface area (Å²) in [6.07, 6.45) is 0.756. The molecule has 0 aromatic carbocycles. The average molecular weight is 266 g/mol. The standard InChI is InChI=1S/C15H22O4/c1-8(2)9-4-6-14(3)10(16)5-7-15(14)12(17)11(9)19-13(15)18/h9-12,16-17H,1,4-7H2,2-3H3/t9-,10?,11?,12?,14?,15?/m1/s1. The smallest absolute Gasteiger partial charge is 0.315 e. The molecule has 3 rings (SSSR count). The van der Waals surface area contributed by atoms with Gasteiger partial charge in [-0.1, -0.05) is 19.1 Å². The van der Waals surface area contributed by atoms with Crippen LogP contribution in [-0.4, -0.2) is 34.5 Å². The van der Waals surface area contributed by atoms with Crippen LogP contribution in [0.15, 0.2) is 12.2 Å². The Morgan fingerprint density at radius 3 is 2.68 bits per heavy atom. The van der Waals surface area contributed by atoms with E-state index in [-0.39, 0.29) is 11.9 Å². The maximum absolute atomic E-state index is 12.4. The molecule has 2 N–H and O–H groups in total. The van der Waals surface area contributed by atoms with Crippen LogP contribution in [0, 0.1) is 16.7 Å². The van der Waals surface area contributed by atoms with E-state index in [0.29, 0.717) is 12.8 Å². The molecule has 5 unspecified atom stereocenters. The number of esters is 1. The lowest BCUT2D eigenvalue weighted by atomic mass is 9.62. The molecular weight excluding hydrogens is 244 g/mol. The van der Waals surface area contributed by atoms with Crippen LogP contribution in [-0.2, 0) is 9.53 Å². The van der Waals surface area contributed by atoms with E-state index in [1.165, 1.54) is 0 Å². The summed E-state index contributed by atoms with van der Waals surface area (Å²) < 4.78 is 5.51. The van der Waals surface area contributed by atoms with Crippen molar-refractivity contribution in [2.24, 2.45) is 16.7 Å². The SMILES string of the molecule is C=C(C)[C@H]1CCC2(C)C(O)CCC23C(=O)OC1C3O. The zero-order valence-electron chi connectivity index (χ0n) is 11.6. The lowest BCUT2D eigenvalue weighted by Gasteiger charge is -2.40. The summed E-state index contributed by atoms with van der Waals surface area (Å²) in [5.74, 6) is -0.331. The van der Waals surface area contributed by atoms with E-state index in [9.17, 15) is 15.0 Å². The van der Waals surface area contributed by atoms with Gasteiger partial charge in [0.05, 0.1) is 6.10 Å². The third-order valence-corrected chi connectivity index (χ3v) is 5.99. The summed E-state index contributed by atoms with van der Waals surface area (Å²) in [6, 6.07) is 0. The third-order valence-electron chi connectivity index (χ3n) is 5.99. The number of aliphatic hydroxyl groups is 2. The van der Waals surface area contributed by atoms with Crippen LogP contribution in [0.2, 0.25) is 0 Å². The summed E-state index contributed by atoms with van der Waals surface area (Å²) in [5, 5.41) is 21.1. The first-order valence-corrected chi connectivity index (χ1v) is 7.07. The molecule has 0 radical (unpaired) electrons. The van der Waals surface area contributed by atoms with Crippen LogP contribution in [0.3, 0.4) is 0 Å². The molecule has 4 heteroatoms. The molecule has 106 valence electrons. The summed E-state index contributed by atoms with van der Waals surface area (Å²) >= 11 is 0. The average Bonchev–Trinajstić information content (AvgIpc) is 2.69. The Balaban J connectivity index is 2.12. The number of carbonyl (C=O) groups is 1. The summed E-state index contributed by atoms with van der Waals surface area (Å²) in [7, 11) is 0. The monoisotopic (exact) mass is 266 g/mol. The largest absolute Gasteiger partial charge is 0.458 e. The lowest BCUT2D eigenvalue weighted by molar-refractivity contribution is -0.160. The van der Waals surface area contributed by atoms with Gasteiger partial charge in [0.15, 0.2) is 0 Å². The van der Waals surface area contributed by atoms with Crippen LogP contribution >= 0.6 is 0 Å². The molecule has 19 heavy (non-hydrogen) atoms. The topological polar surface area (TPSA) is 66.8 Å². The van der Waals surface area contributed by atoms with E-state index in [2.05, 4.69) is 6.58 Å². The van der Waals surface area contributed by atoms with Crippen LogP contribution in [0.5, 0.6) is 0 Å². The highest BCUT2D eigenvalue weighted by Crippen LogP contribution is 2.64. The van der Waals surface area contributed by atoms with Gasteiger partial charge in [-0.15, -0.1) is 0 Å². The van der Waals surface area contributed by atoms with Gasteiger partial charge in [-0.05, 0) is 32.6 Å². The maximum atomic E-state index is 12.4. The number of fused-ring (bicyclic) bond motifs is 1. The van der Waals surface area contributed by atoms with Crippen molar-refractivity contribution in [3.05, 3.63) is 12.2 Å². The number of rotatable bonds is 1. The molecule has 0 aromatic heterocycles. The maximum Gasteiger partial charge on any atom is 0.315 e. The molecule has 0 amide bonds. The van der Waals surface area contributed by atoms with Crippen molar-refractivity contribution in [3.8, 4) is 0 Å². The number of hydrogen-bond donors (Lipinski definition) is 2. The van der Waals surface area contributed by atoms with E-state index < -0.39 is 29.1 Å². The fourth-order valence-corrected chi connectivity index (χ4v) is 4.62. The fourth-order valence-electron chi connectivity index (χ4n) is 4.62. The molecule has 1 aliphatic heterocycles. The van der Waals surface area contributed by atoms with E-state index in [1.807, 2.05) is 13.8 Å². The lowest BCUT2D eigenvalue weighted by Crippen LogP contribution is -2.50. The minimum atomic E-state index is -0.915. The molecule has 2 saturated carbocycles. The molecule has 6 atom stereocenters. The molecule has 3 aliphatic rings. The minimum Gasteiger partial charge on any atom is -0.458 e. The Morgan fingerprint density at radius 2 is 2.05 bits per heavy atom. The van der Waals surface area contributed by atoms with Crippen LogP contribution in [0.25, 0.3) is 0 Å². The van der Waals surface area contributed by atoms with Gasteiger partial charge in [-0.3, -0.25) is 4.79 Å². The Morgan fingerprint density at radius 1 is 1.37 bits per heavy atom. The number of carbonyl (C=O) groups excluding carboxylic acids is 1. The van der Waals surface area contributed by atoms with Gasteiger partial charge in [-0.25, -0.2) is 0 Å². The van der Waals surface area contributed by atoms with Crippen LogP contribution in [0.4, 0.5) is 0 Å². The van der Waals surface area contributed by atoms with E-state index in [0.717, 1.165) is 18.4 Å². The van der Waals surface area contributed by atoms with Crippen molar-refractivity contribution in [3.63, 3.8) is 0 Å². The molecule has 1 heterocycles. The van der Waals surface area contributed by atoms with Gasteiger partial charge in [0, 0.05) is 11.3 Å². The van der Waals surface area contributed by atoms with Gasteiger partial charge < -0.3 is 14.9 Å².